The Morgan fingerprint density at radius 1 is 1.03 bits per heavy atom. The molecule has 2 amide bonds. The number of nitrogens with zero attached hydrogens (tertiary/aromatic N) is 5. The standard InChI is InChI=1S/C25H22ClN5O2S/c1-29-20-15-18(23(32)30-11-13-31(14-12-30)25-27-9-4-10-28-25)7-8-21(20)34-22(24(29)33)16-17-5-2-3-6-19(17)26/h2-10,15-16H,11-14H2,1H3/b22-16+. The van der Waals surface area contributed by atoms with Gasteiger partial charge >= 0.3 is 0 Å². The van der Waals surface area contributed by atoms with Gasteiger partial charge in [0.15, 0.2) is 0 Å². The van der Waals surface area contributed by atoms with E-state index in [-0.39, 0.29) is 11.8 Å². The number of benzene rings is 2. The van der Waals surface area contributed by atoms with Crippen LogP contribution in [0.2, 0.25) is 5.02 Å². The molecule has 2 aliphatic heterocycles. The van der Waals surface area contributed by atoms with Gasteiger partial charge < -0.3 is 14.7 Å². The van der Waals surface area contributed by atoms with Crippen LogP contribution in [0.5, 0.6) is 0 Å². The van der Waals surface area contributed by atoms with Crippen LogP contribution in [0.3, 0.4) is 0 Å². The van der Waals surface area contributed by atoms with Gasteiger partial charge in [-0.25, -0.2) is 9.97 Å². The number of anilines is 2. The molecule has 7 nitrogen and oxygen atoms in total. The van der Waals surface area contributed by atoms with Crippen molar-refractivity contribution in [2.45, 2.75) is 4.90 Å². The molecule has 0 N–H and O–H groups in total. The zero-order valence-corrected chi connectivity index (χ0v) is 20.1. The zero-order chi connectivity index (χ0) is 23.7. The fourth-order valence-electron chi connectivity index (χ4n) is 4.01. The van der Waals surface area contributed by atoms with Crippen LogP contribution in [0.4, 0.5) is 11.6 Å². The van der Waals surface area contributed by atoms with Crippen molar-refractivity contribution in [1.29, 1.82) is 0 Å². The Hall–Kier alpha value is -3.36. The second kappa shape index (κ2) is 9.48. The molecular formula is C25H22ClN5O2S. The minimum atomic E-state index is -0.126. The van der Waals surface area contributed by atoms with Gasteiger partial charge in [-0.15, -0.1) is 0 Å². The number of carbonyl (C=O) groups excluding carboxylic acids is 2. The molecule has 34 heavy (non-hydrogen) atoms. The molecule has 2 aliphatic rings. The molecule has 9 heteroatoms. The van der Waals surface area contributed by atoms with Gasteiger partial charge in [0.05, 0.1) is 10.6 Å². The summed E-state index contributed by atoms with van der Waals surface area (Å²) >= 11 is 7.66. The van der Waals surface area contributed by atoms with E-state index in [1.165, 1.54) is 11.8 Å². The van der Waals surface area contributed by atoms with Crippen LogP contribution in [0, 0.1) is 0 Å². The molecule has 2 aromatic carbocycles. The summed E-state index contributed by atoms with van der Waals surface area (Å²) in [5.74, 6) is 0.513. The average molecular weight is 492 g/mol. The van der Waals surface area contributed by atoms with E-state index in [4.69, 9.17) is 11.6 Å². The zero-order valence-electron chi connectivity index (χ0n) is 18.5. The Morgan fingerprint density at radius 3 is 2.50 bits per heavy atom. The third kappa shape index (κ3) is 4.38. The van der Waals surface area contributed by atoms with E-state index in [1.807, 2.05) is 47.4 Å². The highest BCUT2D eigenvalue weighted by atomic mass is 35.5. The van der Waals surface area contributed by atoms with E-state index in [9.17, 15) is 9.59 Å². The lowest BCUT2D eigenvalue weighted by Gasteiger charge is -2.35. The van der Waals surface area contributed by atoms with Crippen molar-refractivity contribution in [3.8, 4) is 0 Å². The number of rotatable bonds is 3. The average Bonchev–Trinajstić information content (AvgIpc) is 2.88. The lowest BCUT2D eigenvalue weighted by molar-refractivity contribution is -0.114. The topological polar surface area (TPSA) is 69.6 Å². The van der Waals surface area contributed by atoms with Crippen molar-refractivity contribution >= 4 is 52.9 Å². The molecule has 0 radical (unpaired) electrons. The maximum atomic E-state index is 13.2. The van der Waals surface area contributed by atoms with E-state index < -0.39 is 0 Å². The van der Waals surface area contributed by atoms with Crippen LogP contribution >= 0.6 is 23.4 Å². The number of thioether (sulfide) groups is 1. The van der Waals surface area contributed by atoms with E-state index in [0.717, 1.165) is 16.1 Å². The van der Waals surface area contributed by atoms with Gasteiger partial charge in [0.1, 0.15) is 0 Å². The smallest absolute Gasteiger partial charge is 0.264 e. The predicted molar refractivity (Wildman–Crippen MR) is 135 cm³/mol. The van der Waals surface area contributed by atoms with Crippen molar-refractivity contribution in [3.05, 3.63) is 82.0 Å². The molecule has 1 saturated heterocycles. The van der Waals surface area contributed by atoms with Crippen LogP contribution in [-0.4, -0.2) is 59.9 Å². The summed E-state index contributed by atoms with van der Waals surface area (Å²) in [4.78, 5) is 41.8. The maximum absolute atomic E-state index is 13.2. The first-order chi connectivity index (χ1) is 16.5. The second-order valence-electron chi connectivity index (χ2n) is 8.01. The highest BCUT2D eigenvalue weighted by Gasteiger charge is 2.29. The van der Waals surface area contributed by atoms with Gasteiger partial charge in [0, 0.05) is 61.1 Å². The number of hydrogen-bond acceptors (Lipinski definition) is 6. The molecule has 1 fully saturated rings. The van der Waals surface area contributed by atoms with Crippen molar-refractivity contribution in [3.63, 3.8) is 0 Å². The molecule has 0 bridgehead atoms. The summed E-state index contributed by atoms with van der Waals surface area (Å²) in [6.45, 7) is 2.51. The van der Waals surface area contributed by atoms with E-state index >= 15 is 0 Å². The van der Waals surface area contributed by atoms with Gasteiger partial charge in [-0.1, -0.05) is 41.6 Å². The molecule has 3 aromatic rings. The number of halogens is 1. The lowest BCUT2D eigenvalue weighted by atomic mass is 10.1. The molecule has 0 atom stereocenters. The first-order valence-electron chi connectivity index (χ1n) is 10.9. The van der Waals surface area contributed by atoms with E-state index in [1.54, 1.807) is 36.5 Å². The Balaban J connectivity index is 1.32. The minimum absolute atomic E-state index is 0.0420. The summed E-state index contributed by atoms with van der Waals surface area (Å²) in [5, 5.41) is 0.594. The summed E-state index contributed by atoms with van der Waals surface area (Å²) < 4.78 is 0. The minimum Gasteiger partial charge on any atom is -0.337 e. The first-order valence-corrected chi connectivity index (χ1v) is 12.1. The van der Waals surface area contributed by atoms with Crippen molar-refractivity contribution in [1.82, 2.24) is 14.9 Å². The largest absolute Gasteiger partial charge is 0.337 e. The Morgan fingerprint density at radius 2 is 1.76 bits per heavy atom. The quantitative estimate of drug-likeness (QED) is 0.511. The predicted octanol–water partition coefficient (Wildman–Crippen LogP) is 4.20. The normalized spacial score (nSPS) is 17.2. The highest BCUT2D eigenvalue weighted by Crippen LogP contribution is 2.42. The number of carbonyl (C=O) groups is 2. The number of fused-ring (bicyclic) bond motifs is 1. The van der Waals surface area contributed by atoms with Gasteiger partial charge in [0.25, 0.3) is 11.8 Å². The first kappa shape index (κ1) is 22.4. The molecular weight excluding hydrogens is 470 g/mol. The summed E-state index contributed by atoms with van der Waals surface area (Å²) in [7, 11) is 1.73. The number of likely N-dealkylation sites (N-methyl/N-ethyl adjacent to an activating group) is 1. The van der Waals surface area contributed by atoms with Gasteiger partial charge in [-0.05, 0) is 42.0 Å². The van der Waals surface area contributed by atoms with Crippen molar-refractivity contribution in [2.24, 2.45) is 0 Å². The molecule has 0 spiro atoms. The number of piperazine rings is 1. The van der Waals surface area contributed by atoms with Gasteiger partial charge in [-0.2, -0.15) is 0 Å². The molecule has 5 rings (SSSR count). The summed E-state index contributed by atoms with van der Waals surface area (Å²) in [6.07, 6.45) is 5.25. The third-order valence-electron chi connectivity index (χ3n) is 5.90. The number of amides is 2. The van der Waals surface area contributed by atoms with Crippen LogP contribution in [-0.2, 0) is 4.79 Å². The van der Waals surface area contributed by atoms with Crippen molar-refractivity contribution in [2.75, 3.05) is 43.0 Å². The highest BCUT2D eigenvalue weighted by molar-refractivity contribution is 8.04. The Kier molecular flexibility index (Phi) is 6.26. The fourth-order valence-corrected chi connectivity index (χ4v) is 5.28. The number of aromatic nitrogens is 2. The van der Waals surface area contributed by atoms with Crippen LogP contribution in [0.25, 0.3) is 6.08 Å². The fraction of sp³-hybridized carbons (Fsp3) is 0.200. The molecule has 1 aromatic heterocycles. The van der Waals surface area contributed by atoms with Crippen LogP contribution in [0.1, 0.15) is 15.9 Å². The SMILES string of the molecule is CN1C(=O)/C(=C\c2ccccc2Cl)Sc2ccc(C(=O)N3CCN(c4ncccn4)CC3)cc21. The lowest BCUT2D eigenvalue weighted by Crippen LogP contribution is -2.49. The molecule has 172 valence electrons. The Bertz CT molecular complexity index is 1280. The van der Waals surface area contributed by atoms with E-state index in [0.29, 0.717) is 47.6 Å². The number of hydrogen-bond donors (Lipinski definition) is 0. The van der Waals surface area contributed by atoms with Gasteiger partial charge in [-0.3, -0.25) is 9.59 Å². The van der Waals surface area contributed by atoms with Crippen LogP contribution < -0.4 is 9.80 Å². The second-order valence-corrected chi connectivity index (χ2v) is 9.50. The Labute approximate surface area is 207 Å². The summed E-state index contributed by atoms with van der Waals surface area (Å²) in [5.41, 5.74) is 2.10. The third-order valence-corrected chi connectivity index (χ3v) is 7.32. The van der Waals surface area contributed by atoms with Crippen molar-refractivity contribution < 1.29 is 9.59 Å². The summed E-state index contributed by atoms with van der Waals surface area (Å²) in [6, 6.07) is 14.8. The monoisotopic (exact) mass is 491 g/mol. The molecule has 0 saturated carbocycles. The van der Waals surface area contributed by atoms with Gasteiger partial charge in [0.2, 0.25) is 5.95 Å². The van der Waals surface area contributed by atoms with Crippen LogP contribution in [0.15, 0.2) is 70.7 Å². The molecule has 0 unspecified atom stereocenters. The maximum Gasteiger partial charge on any atom is 0.264 e. The molecule has 0 aliphatic carbocycles. The molecule has 3 heterocycles. The van der Waals surface area contributed by atoms with E-state index in [2.05, 4.69) is 14.9 Å².